The maximum Gasteiger partial charge on any atom is 0.122 e. The normalized spacial score (nSPS) is 10.0. The summed E-state index contributed by atoms with van der Waals surface area (Å²) < 4.78 is 6.46. The molecule has 1 aromatic rings. The topological polar surface area (TPSA) is 35.2 Å². The first kappa shape index (κ1) is 10.4. The highest BCUT2D eigenvalue weighted by molar-refractivity contribution is 9.10. The van der Waals surface area contributed by atoms with E-state index >= 15 is 0 Å². The van der Waals surface area contributed by atoms with Gasteiger partial charge in [0.05, 0.1) is 6.61 Å². The number of benzene rings is 1. The zero-order chi connectivity index (χ0) is 9.68. The minimum Gasteiger partial charge on any atom is -0.493 e. The van der Waals surface area contributed by atoms with Crippen molar-refractivity contribution in [1.82, 2.24) is 0 Å². The molecule has 0 amide bonds. The summed E-state index contributed by atoms with van der Waals surface area (Å²) in [4.78, 5) is 0. The number of halogens is 1. The van der Waals surface area contributed by atoms with Gasteiger partial charge in [-0.15, -0.1) is 0 Å². The Bertz CT molecular complexity index is 255. The van der Waals surface area contributed by atoms with Crippen LogP contribution in [0.4, 0.5) is 5.69 Å². The van der Waals surface area contributed by atoms with E-state index in [0.29, 0.717) is 0 Å². The molecule has 0 saturated heterocycles. The first-order valence-corrected chi connectivity index (χ1v) is 5.20. The van der Waals surface area contributed by atoms with Gasteiger partial charge in [0.25, 0.3) is 0 Å². The molecule has 72 valence electrons. The van der Waals surface area contributed by atoms with Gasteiger partial charge in [0.2, 0.25) is 0 Å². The van der Waals surface area contributed by atoms with Crippen molar-refractivity contribution in [2.75, 3.05) is 12.3 Å². The molecular weight excluding hydrogens is 230 g/mol. The number of nitrogens with two attached hydrogens (primary N) is 1. The third-order valence-corrected chi connectivity index (χ3v) is 2.12. The number of anilines is 1. The van der Waals surface area contributed by atoms with Gasteiger partial charge in [-0.25, -0.2) is 0 Å². The third-order valence-electron chi connectivity index (χ3n) is 1.66. The van der Waals surface area contributed by atoms with Gasteiger partial charge in [-0.3, -0.25) is 0 Å². The SMILES string of the molecule is CCCCOc1cc(N)cc(Br)c1. The average Bonchev–Trinajstić information content (AvgIpc) is 2.03. The van der Waals surface area contributed by atoms with Crippen LogP contribution in [0, 0.1) is 0 Å². The number of hydrogen-bond acceptors (Lipinski definition) is 2. The van der Waals surface area contributed by atoms with Crippen molar-refractivity contribution in [2.24, 2.45) is 0 Å². The molecule has 0 aliphatic carbocycles. The number of unbranched alkanes of at least 4 members (excludes halogenated alkanes) is 1. The van der Waals surface area contributed by atoms with E-state index in [2.05, 4.69) is 22.9 Å². The van der Waals surface area contributed by atoms with Crippen LogP contribution >= 0.6 is 15.9 Å². The van der Waals surface area contributed by atoms with Gasteiger partial charge in [0.15, 0.2) is 0 Å². The largest absolute Gasteiger partial charge is 0.493 e. The van der Waals surface area contributed by atoms with Crippen LogP contribution in [0.1, 0.15) is 19.8 Å². The lowest BCUT2D eigenvalue weighted by Crippen LogP contribution is -1.97. The molecule has 2 nitrogen and oxygen atoms in total. The number of hydrogen-bond donors (Lipinski definition) is 1. The number of nitrogen functional groups attached to an aromatic ring is 1. The highest BCUT2D eigenvalue weighted by Gasteiger charge is 1.97. The van der Waals surface area contributed by atoms with Crippen LogP contribution in [0.15, 0.2) is 22.7 Å². The maximum atomic E-state index is 5.65. The monoisotopic (exact) mass is 243 g/mol. The van der Waals surface area contributed by atoms with Gasteiger partial charge in [0, 0.05) is 16.2 Å². The number of ether oxygens (including phenoxy) is 1. The van der Waals surface area contributed by atoms with Crippen LogP contribution in [-0.4, -0.2) is 6.61 Å². The molecule has 0 saturated carbocycles. The lowest BCUT2D eigenvalue weighted by Gasteiger charge is -2.06. The van der Waals surface area contributed by atoms with E-state index in [-0.39, 0.29) is 0 Å². The van der Waals surface area contributed by atoms with Gasteiger partial charge in [-0.1, -0.05) is 29.3 Å². The second kappa shape index (κ2) is 5.12. The lowest BCUT2D eigenvalue weighted by molar-refractivity contribution is 0.309. The zero-order valence-corrected chi connectivity index (χ0v) is 9.30. The van der Waals surface area contributed by atoms with E-state index in [4.69, 9.17) is 10.5 Å². The molecule has 13 heavy (non-hydrogen) atoms. The van der Waals surface area contributed by atoms with Crippen LogP contribution in [0.25, 0.3) is 0 Å². The van der Waals surface area contributed by atoms with Gasteiger partial charge in [-0.2, -0.15) is 0 Å². The van der Waals surface area contributed by atoms with Gasteiger partial charge in [0.1, 0.15) is 5.75 Å². The predicted molar refractivity (Wildman–Crippen MR) is 59.0 cm³/mol. The molecule has 0 radical (unpaired) electrons. The summed E-state index contributed by atoms with van der Waals surface area (Å²) in [5.41, 5.74) is 6.38. The molecule has 0 spiro atoms. The Balaban J connectivity index is 2.56. The van der Waals surface area contributed by atoms with E-state index in [1.165, 1.54) is 0 Å². The minimum atomic E-state index is 0.723. The first-order valence-electron chi connectivity index (χ1n) is 4.41. The Hall–Kier alpha value is -0.700. The van der Waals surface area contributed by atoms with E-state index in [1.54, 1.807) is 0 Å². The molecule has 0 unspecified atom stereocenters. The van der Waals surface area contributed by atoms with E-state index in [9.17, 15) is 0 Å². The second-order valence-electron chi connectivity index (χ2n) is 2.92. The highest BCUT2D eigenvalue weighted by atomic mass is 79.9. The minimum absolute atomic E-state index is 0.723. The summed E-state index contributed by atoms with van der Waals surface area (Å²) in [6.45, 7) is 2.89. The molecule has 0 fully saturated rings. The molecular formula is C10H14BrNO. The summed E-state index contributed by atoms with van der Waals surface area (Å²) in [7, 11) is 0. The van der Waals surface area contributed by atoms with Crippen LogP contribution in [0.2, 0.25) is 0 Å². The number of rotatable bonds is 4. The van der Waals surface area contributed by atoms with Crippen LogP contribution in [0.3, 0.4) is 0 Å². The summed E-state index contributed by atoms with van der Waals surface area (Å²) in [6.07, 6.45) is 2.22. The fraction of sp³-hybridized carbons (Fsp3) is 0.400. The smallest absolute Gasteiger partial charge is 0.122 e. The second-order valence-corrected chi connectivity index (χ2v) is 3.84. The molecule has 0 heterocycles. The van der Waals surface area contributed by atoms with Crippen molar-refractivity contribution in [3.05, 3.63) is 22.7 Å². The van der Waals surface area contributed by atoms with Crippen LogP contribution in [-0.2, 0) is 0 Å². The average molecular weight is 244 g/mol. The standard InChI is InChI=1S/C10H14BrNO/c1-2-3-4-13-10-6-8(11)5-9(12)7-10/h5-7H,2-4,12H2,1H3. The Labute approximate surface area is 87.2 Å². The van der Waals surface area contributed by atoms with Crippen molar-refractivity contribution >= 4 is 21.6 Å². The van der Waals surface area contributed by atoms with Gasteiger partial charge in [-0.05, 0) is 18.6 Å². The van der Waals surface area contributed by atoms with Crippen LogP contribution in [0.5, 0.6) is 5.75 Å². The summed E-state index contributed by atoms with van der Waals surface area (Å²) in [5, 5.41) is 0. The van der Waals surface area contributed by atoms with Crippen molar-refractivity contribution in [3.63, 3.8) is 0 Å². The molecule has 0 aliphatic rings. The molecule has 0 atom stereocenters. The van der Waals surface area contributed by atoms with E-state index in [1.807, 2.05) is 18.2 Å². The van der Waals surface area contributed by atoms with Crippen molar-refractivity contribution < 1.29 is 4.74 Å². The third kappa shape index (κ3) is 3.68. The molecule has 1 aromatic carbocycles. The van der Waals surface area contributed by atoms with Crippen molar-refractivity contribution in [1.29, 1.82) is 0 Å². The quantitative estimate of drug-likeness (QED) is 0.652. The maximum absolute atomic E-state index is 5.65. The van der Waals surface area contributed by atoms with Gasteiger partial charge >= 0.3 is 0 Å². The Kier molecular flexibility index (Phi) is 4.09. The van der Waals surface area contributed by atoms with Crippen molar-refractivity contribution in [2.45, 2.75) is 19.8 Å². The summed E-state index contributed by atoms with van der Waals surface area (Å²) in [5.74, 6) is 0.834. The van der Waals surface area contributed by atoms with Gasteiger partial charge < -0.3 is 10.5 Å². The zero-order valence-electron chi connectivity index (χ0n) is 7.72. The Morgan fingerprint density at radius 3 is 2.77 bits per heavy atom. The van der Waals surface area contributed by atoms with E-state index < -0.39 is 0 Å². The predicted octanol–water partition coefficient (Wildman–Crippen LogP) is 3.21. The fourth-order valence-electron chi connectivity index (χ4n) is 1.00. The molecule has 3 heteroatoms. The first-order chi connectivity index (χ1) is 6.22. The molecule has 0 bridgehead atoms. The fourth-order valence-corrected chi connectivity index (χ4v) is 1.49. The Morgan fingerprint density at radius 1 is 1.38 bits per heavy atom. The van der Waals surface area contributed by atoms with E-state index in [0.717, 1.165) is 35.4 Å². The Morgan fingerprint density at radius 2 is 2.15 bits per heavy atom. The molecule has 0 aliphatic heterocycles. The van der Waals surface area contributed by atoms with Crippen molar-refractivity contribution in [3.8, 4) is 5.75 Å². The molecule has 0 aromatic heterocycles. The van der Waals surface area contributed by atoms with Crippen LogP contribution < -0.4 is 10.5 Å². The lowest BCUT2D eigenvalue weighted by atomic mass is 10.3. The highest BCUT2D eigenvalue weighted by Crippen LogP contribution is 2.22. The molecule has 1 rings (SSSR count). The summed E-state index contributed by atoms with van der Waals surface area (Å²) >= 11 is 3.36. The molecule has 2 N–H and O–H groups in total. The summed E-state index contributed by atoms with van der Waals surface area (Å²) in [6, 6.07) is 5.61.